The summed E-state index contributed by atoms with van der Waals surface area (Å²) in [5.41, 5.74) is 0. The Morgan fingerprint density at radius 1 is 0.375 bits per heavy atom. The van der Waals surface area contributed by atoms with E-state index in [0.29, 0.717) is 0 Å². The van der Waals surface area contributed by atoms with Gasteiger partial charge in [-0.25, -0.2) is 0 Å². The molecule has 0 spiro atoms. The number of rotatable bonds is 0. The Morgan fingerprint density at radius 3 is 0.542 bits per heavy atom. The molecular formula is C16H24F6RhSb-. The van der Waals surface area contributed by atoms with Crippen molar-refractivity contribution in [1.82, 2.24) is 0 Å². The summed E-state index contributed by atoms with van der Waals surface area (Å²) in [6.45, 7) is 0. The van der Waals surface area contributed by atoms with Crippen LogP contribution < -0.4 is 0 Å². The van der Waals surface area contributed by atoms with E-state index in [9.17, 15) is 16.9 Å². The predicted molar refractivity (Wildman–Crippen MR) is 85.9 cm³/mol. The summed E-state index contributed by atoms with van der Waals surface area (Å²) in [7, 11) is 0. The van der Waals surface area contributed by atoms with Gasteiger partial charge in [-0.15, -0.1) is 0 Å². The zero-order chi connectivity index (χ0) is 17.7. The Balaban J connectivity index is 0. The second kappa shape index (κ2) is 11.6. The fraction of sp³-hybridized carbons (Fsp3) is 0.500. The van der Waals surface area contributed by atoms with Crippen molar-refractivity contribution >= 4 is 19.5 Å². The molecule has 0 N–H and O–H groups in total. The fourth-order valence-electron chi connectivity index (χ4n) is 1.71. The molecule has 0 bridgehead atoms. The molecule has 0 atom stereocenters. The van der Waals surface area contributed by atoms with Crippen molar-refractivity contribution in [2.24, 2.45) is 0 Å². The molecule has 0 nitrogen and oxygen atoms in total. The first-order valence-corrected chi connectivity index (χ1v) is 13.4. The van der Waals surface area contributed by atoms with Crippen molar-refractivity contribution in [1.29, 1.82) is 0 Å². The van der Waals surface area contributed by atoms with E-state index >= 15 is 0 Å². The average molecular weight is 555 g/mol. The quantitative estimate of drug-likeness (QED) is 0.165. The number of hydrogen-bond acceptors (Lipinski definition) is 0. The van der Waals surface area contributed by atoms with Gasteiger partial charge in [0.25, 0.3) is 0 Å². The van der Waals surface area contributed by atoms with Gasteiger partial charge in [0.1, 0.15) is 0 Å². The van der Waals surface area contributed by atoms with Crippen LogP contribution in [0.5, 0.6) is 0 Å². The number of hydrogen-bond donors (Lipinski definition) is 0. The van der Waals surface area contributed by atoms with Crippen molar-refractivity contribution in [2.45, 2.75) is 51.4 Å². The van der Waals surface area contributed by atoms with Crippen LogP contribution in [0.1, 0.15) is 51.4 Å². The summed E-state index contributed by atoms with van der Waals surface area (Å²) in [6, 6.07) is 0. The minimum absolute atomic E-state index is 0. The second-order valence-corrected chi connectivity index (χ2v) is 10.6. The van der Waals surface area contributed by atoms with Crippen LogP contribution in [0.3, 0.4) is 0 Å². The maximum Gasteiger partial charge on any atom is 0 e. The van der Waals surface area contributed by atoms with E-state index in [1.807, 2.05) is 0 Å². The maximum atomic E-state index is 9.93. The SMILES string of the molecule is C1=CCC/C=C\CC1.C1=CCC/C=C\CC1.[F][Sb-]([F])([F])([F])([F])[F].[Rh]. The number of halogens is 6. The van der Waals surface area contributed by atoms with Crippen LogP contribution in [-0.4, -0.2) is 19.5 Å². The smallest absolute Gasteiger partial charge is 0 e. The van der Waals surface area contributed by atoms with Crippen LogP contribution >= 0.6 is 0 Å². The Kier molecular flexibility index (Phi) is 12.6. The van der Waals surface area contributed by atoms with Crippen molar-refractivity contribution in [3.05, 3.63) is 48.6 Å². The molecule has 0 aromatic heterocycles. The first-order chi connectivity index (χ1) is 10.4. The Hall–Kier alpha value is -0.0184. The van der Waals surface area contributed by atoms with E-state index in [1.165, 1.54) is 51.4 Å². The summed E-state index contributed by atoms with van der Waals surface area (Å²) in [6.07, 6.45) is 28.0. The summed E-state index contributed by atoms with van der Waals surface area (Å²) in [4.78, 5) is 0. The van der Waals surface area contributed by atoms with Gasteiger partial charge >= 0.3 is 36.4 Å². The molecular weight excluding hydrogens is 531 g/mol. The molecule has 0 heterocycles. The zero-order valence-electron chi connectivity index (χ0n) is 13.3. The average Bonchev–Trinajstić information content (AvgIpc) is 2.22. The fourth-order valence-corrected chi connectivity index (χ4v) is 1.71. The first kappa shape index (κ1) is 26.2. The van der Waals surface area contributed by atoms with Crippen molar-refractivity contribution in [3.8, 4) is 0 Å². The molecule has 0 fully saturated rings. The Morgan fingerprint density at radius 2 is 0.458 bits per heavy atom. The zero-order valence-corrected chi connectivity index (χ0v) is 17.5. The second-order valence-electron chi connectivity index (χ2n) is 5.15. The monoisotopic (exact) mass is 554 g/mol. The molecule has 0 saturated heterocycles. The van der Waals surface area contributed by atoms with Gasteiger partial charge in [0.15, 0.2) is 0 Å². The first-order valence-electron chi connectivity index (χ1n) is 7.61. The Bertz CT molecular complexity index is 343. The molecule has 0 aliphatic heterocycles. The molecule has 0 amide bonds. The van der Waals surface area contributed by atoms with Crippen LogP contribution in [0, 0.1) is 0 Å². The van der Waals surface area contributed by atoms with Crippen LogP contribution in [0.25, 0.3) is 0 Å². The third-order valence-corrected chi connectivity index (χ3v) is 2.67. The van der Waals surface area contributed by atoms with Crippen LogP contribution in [0.15, 0.2) is 48.6 Å². The van der Waals surface area contributed by atoms with Gasteiger partial charge in [0.05, 0.1) is 0 Å². The van der Waals surface area contributed by atoms with Gasteiger partial charge in [-0.3, -0.25) is 0 Å². The minimum atomic E-state index is -11.2. The van der Waals surface area contributed by atoms with Crippen LogP contribution in [-0.2, 0) is 19.5 Å². The van der Waals surface area contributed by atoms with Crippen LogP contribution in [0.4, 0.5) is 16.9 Å². The third kappa shape index (κ3) is 37.9. The van der Waals surface area contributed by atoms with E-state index in [2.05, 4.69) is 48.6 Å². The Labute approximate surface area is 155 Å². The minimum Gasteiger partial charge on any atom is 0 e. The molecule has 0 aromatic carbocycles. The molecule has 2 aliphatic rings. The summed E-state index contributed by atoms with van der Waals surface area (Å²) in [5, 5.41) is 0. The molecule has 24 heavy (non-hydrogen) atoms. The van der Waals surface area contributed by atoms with E-state index in [0.717, 1.165) is 0 Å². The predicted octanol–water partition coefficient (Wildman–Crippen LogP) is 7.48. The van der Waals surface area contributed by atoms with Crippen LogP contribution in [0.2, 0.25) is 0 Å². The third-order valence-electron chi connectivity index (χ3n) is 2.67. The molecule has 145 valence electrons. The van der Waals surface area contributed by atoms with Crippen molar-refractivity contribution in [2.75, 3.05) is 0 Å². The molecule has 0 aromatic rings. The van der Waals surface area contributed by atoms with Gasteiger partial charge in [-0.1, -0.05) is 48.6 Å². The summed E-state index contributed by atoms with van der Waals surface area (Å²) < 4.78 is 59.6. The van der Waals surface area contributed by atoms with Gasteiger partial charge < -0.3 is 0 Å². The van der Waals surface area contributed by atoms with Gasteiger partial charge in [-0.05, 0) is 51.4 Å². The standard InChI is InChI=1S/2C8H12.6FH.Rh.Sb/c2*1-2-4-6-8-7-5-3-1;;;;;;;;/h2*1-2,7-8H,3-6H2;6*1H;;/q;;;;;;;;;+5/p-6/b2*2-1-,8-7?;;;;;;;;. The molecule has 1 radical (unpaired) electrons. The van der Waals surface area contributed by atoms with Gasteiger partial charge in [-0.2, -0.15) is 0 Å². The summed E-state index contributed by atoms with van der Waals surface area (Å²) >= 11 is -11.2. The molecule has 0 saturated carbocycles. The van der Waals surface area contributed by atoms with E-state index in [-0.39, 0.29) is 19.5 Å². The van der Waals surface area contributed by atoms with Crippen molar-refractivity contribution < 1.29 is 36.4 Å². The summed E-state index contributed by atoms with van der Waals surface area (Å²) in [5.74, 6) is 0. The van der Waals surface area contributed by atoms with Gasteiger partial charge in [0.2, 0.25) is 0 Å². The molecule has 2 aliphatic carbocycles. The van der Waals surface area contributed by atoms with Crippen molar-refractivity contribution in [3.63, 3.8) is 0 Å². The van der Waals surface area contributed by atoms with Gasteiger partial charge in [0, 0.05) is 19.5 Å². The maximum absolute atomic E-state index is 11.2. The van der Waals surface area contributed by atoms with E-state index in [4.69, 9.17) is 0 Å². The van der Waals surface area contributed by atoms with E-state index < -0.39 is 19.5 Å². The largest absolute Gasteiger partial charge is 0 e. The normalized spacial score (nSPS) is 22.8. The molecule has 2 rings (SSSR count). The molecule has 8 heteroatoms. The molecule has 0 unspecified atom stereocenters. The van der Waals surface area contributed by atoms with E-state index in [1.54, 1.807) is 0 Å². The topological polar surface area (TPSA) is 0 Å². The number of allylic oxidation sites excluding steroid dienone is 8.